The van der Waals surface area contributed by atoms with Gasteiger partial charge in [0.15, 0.2) is 5.96 Å². The fraction of sp³-hybridized carbons (Fsp3) is 0.941. The van der Waals surface area contributed by atoms with Crippen molar-refractivity contribution in [2.24, 2.45) is 4.99 Å². The molecule has 1 rings (SSSR count). The third-order valence-electron chi connectivity index (χ3n) is 4.25. The predicted octanol–water partition coefficient (Wildman–Crippen LogP) is 2.25. The Bertz CT molecular complexity index is 463. The molecule has 0 saturated carbocycles. The summed E-state index contributed by atoms with van der Waals surface area (Å²) >= 11 is 0. The summed E-state index contributed by atoms with van der Waals surface area (Å²) in [6.45, 7) is 9.20. The van der Waals surface area contributed by atoms with Gasteiger partial charge in [0, 0.05) is 25.4 Å². The minimum absolute atomic E-state index is 0. The van der Waals surface area contributed by atoms with Crippen LogP contribution in [0.3, 0.4) is 0 Å². The second kappa shape index (κ2) is 14.0. The molecule has 2 N–H and O–H groups in total. The van der Waals surface area contributed by atoms with E-state index in [9.17, 15) is 8.42 Å². The fourth-order valence-electron chi connectivity index (χ4n) is 2.86. The summed E-state index contributed by atoms with van der Waals surface area (Å²) in [5.74, 6) is 0.990. The van der Waals surface area contributed by atoms with Gasteiger partial charge in [0.2, 0.25) is 0 Å². The minimum atomic E-state index is -2.91. The van der Waals surface area contributed by atoms with Crippen LogP contribution in [0.15, 0.2) is 4.99 Å². The van der Waals surface area contributed by atoms with Gasteiger partial charge < -0.3 is 15.5 Å². The molecule has 0 amide bonds. The van der Waals surface area contributed by atoms with Gasteiger partial charge in [-0.1, -0.05) is 12.8 Å². The lowest BCUT2D eigenvalue weighted by Gasteiger charge is -2.20. The Labute approximate surface area is 171 Å². The second-order valence-corrected chi connectivity index (χ2v) is 9.09. The molecule has 0 aliphatic carbocycles. The number of likely N-dealkylation sites (tertiary alicyclic amines) is 1. The van der Waals surface area contributed by atoms with Crippen molar-refractivity contribution in [2.45, 2.75) is 58.4 Å². The molecule has 0 aromatic carbocycles. The highest BCUT2D eigenvalue weighted by Crippen LogP contribution is 2.09. The van der Waals surface area contributed by atoms with E-state index in [4.69, 9.17) is 0 Å². The van der Waals surface area contributed by atoms with E-state index in [2.05, 4.69) is 20.5 Å². The summed E-state index contributed by atoms with van der Waals surface area (Å²) in [6, 6.07) is 0.0862. The first kappa shape index (κ1) is 24.9. The Kier molecular flexibility index (Phi) is 14.0. The molecule has 0 aromatic rings. The summed E-state index contributed by atoms with van der Waals surface area (Å²) in [5, 5.41) is 6.53. The molecule has 1 atom stereocenters. The zero-order valence-corrected chi connectivity index (χ0v) is 19.2. The van der Waals surface area contributed by atoms with E-state index in [-0.39, 0.29) is 35.8 Å². The summed E-state index contributed by atoms with van der Waals surface area (Å²) in [5.41, 5.74) is 0. The Morgan fingerprint density at radius 3 is 2.40 bits per heavy atom. The highest BCUT2D eigenvalue weighted by atomic mass is 127. The van der Waals surface area contributed by atoms with Crippen molar-refractivity contribution >= 4 is 39.8 Å². The number of nitrogens with zero attached hydrogens (tertiary/aromatic N) is 2. The van der Waals surface area contributed by atoms with Crippen LogP contribution in [0, 0.1) is 0 Å². The van der Waals surface area contributed by atoms with Gasteiger partial charge >= 0.3 is 0 Å². The highest BCUT2D eigenvalue weighted by molar-refractivity contribution is 14.0. The molecule has 1 heterocycles. The lowest BCUT2D eigenvalue weighted by molar-refractivity contribution is 0.283. The van der Waals surface area contributed by atoms with Crippen LogP contribution < -0.4 is 10.6 Å². The van der Waals surface area contributed by atoms with Crippen LogP contribution in [0.2, 0.25) is 0 Å². The van der Waals surface area contributed by atoms with Crippen molar-refractivity contribution in [3.05, 3.63) is 0 Å². The summed E-state index contributed by atoms with van der Waals surface area (Å²) in [6.07, 6.45) is 8.33. The zero-order chi connectivity index (χ0) is 17.8. The molecule has 150 valence electrons. The average molecular weight is 488 g/mol. The van der Waals surface area contributed by atoms with Crippen LogP contribution >= 0.6 is 24.0 Å². The molecule has 1 aliphatic heterocycles. The fourth-order valence-corrected chi connectivity index (χ4v) is 3.64. The SMILES string of the molecule is CCNC(=NCCCN1CCCCCC1)NC(C)CCS(C)(=O)=O.I. The molecule has 1 unspecified atom stereocenters. The lowest BCUT2D eigenvalue weighted by atomic mass is 10.2. The number of rotatable bonds is 9. The van der Waals surface area contributed by atoms with Crippen molar-refractivity contribution in [2.75, 3.05) is 44.7 Å². The zero-order valence-electron chi connectivity index (χ0n) is 16.1. The van der Waals surface area contributed by atoms with Gasteiger partial charge in [-0.15, -0.1) is 24.0 Å². The monoisotopic (exact) mass is 488 g/mol. The number of guanidine groups is 1. The first-order valence-electron chi connectivity index (χ1n) is 9.35. The van der Waals surface area contributed by atoms with Gasteiger partial charge in [-0.05, 0) is 59.2 Å². The van der Waals surface area contributed by atoms with Gasteiger partial charge in [0.05, 0.1) is 5.75 Å². The summed E-state index contributed by atoms with van der Waals surface area (Å²) in [4.78, 5) is 7.18. The normalized spacial score (nSPS) is 18.1. The van der Waals surface area contributed by atoms with E-state index < -0.39 is 9.84 Å². The first-order valence-corrected chi connectivity index (χ1v) is 11.4. The molecular formula is C17H37IN4O2S. The molecule has 1 aliphatic rings. The van der Waals surface area contributed by atoms with Gasteiger partial charge in [-0.3, -0.25) is 4.99 Å². The van der Waals surface area contributed by atoms with Gasteiger partial charge in [-0.2, -0.15) is 0 Å². The first-order chi connectivity index (χ1) is 11.4. The Hall–Kier alpha value is -0.0900. The minimum Gasteiger partial charge on any atom is -0.357 e. The second-order valence-electron chi connectivity index (χ2n) is 6.83. The number of hydrogen-bond acceptors (Lipinski definition) is 4. The number of nitrogens with one attached hydrogen (secondary N) is 2. The van der Waals surface area contributed by atoms with Crippen LogP contribution in [0.4, 0.5) is 0 Å². The maximum absolute atomic E-state index is 11.3. The van der Waals surface area contributed by atoms with Crippen LogP contribution in [-0.4, -0.2) is 70.1 Å². The van der Waals surface area contributed by atoms with Gasteiger partial charge in [0.25, 0.3) is 0 Å². The molecule has 25 heavy (non-hydrogen) atoms. The quantitative estimate of drug-likeness (QED) is 0.226. The summed E-state index contributed by atoms with van der Waals surface area (Å²) in [7, 11) is -2.91. The number of sulfone groups is 1. The molecule has 1 saturated heterocycles. The Morgan fingerprint density at radius 1 is 1.20 bits per heavy atom. The Balaban J connectivity index is 0.00000576. The summed E-state index contributed by atoms with van der Waals surface area (Å²) < 4.78 is 22.5. The molecule has 0 spiro atoms. The van der Waals surface area contributed by atoms with Crippen molar-refractivity contribution in [1.29, 1.82) is 0 Å². The smallest absolute Gasteiger partial charge is 0.191 e. The predicted molar refractivity (Wildman–Crippen MR) is 118 cm³/mol. The van der Waals surface area contributed by atoms with Crippen LogP contribution in [0.1, 0.15) is 52.4 Å². The van der Waals surface area contributed by atoms with Crippen molar-refractivity contribution in [3.63, 3.8) is 0 Å². The standard InChI is InChI=1S/C17H36N4O2S.HI/c1-4-18-17(20-16(2)10-15-24(3,22)23)19-11-9-14-21-12-7-5-6-8-13-21;/h16H,4-15H2,1-3H3,(H2,18,19,20);1H. The van der Waals surface area contributed by atoms with E-state index in [0.29, 0.717) is 6.42 Å². The van der Waals surface area contributed by atoms with Crippen molar-refractivity contribution in [1.82, 2.24) is 15.5 Å². The molecule has 8 heteroatoms. The maximum atomic E-state index is 11.3. The largest absolute Gasteiger partial charge is 0.357 e. The van der Waals surface area contributed by atoms with Gasteiger partial charge in [0.1, 0.15) is 9.84 Å². The molecular weight excluding hydrogens is 451 g/mol. The third kappa shape index (κ3) is 13.7. The maximum Gasteiger partial charge on any atom is 0.191 e. The molecule has 0 aromatic heterocycles. The van der Waals surface area contributed by atoms with Crippen LogP contribution in [0.25, 0.3) is 0 Å². The number of aliphatic imine (C=N–C) groups is 1. The van der Waals surface area contributed by atoms with Crippen LogP contribution in [-0.2, 0) is 9.84 Å². The van der Waals surface area contributed by atoms with E-state index in [1.54, 1.807) is 0 Å². The van der Waals surface area contributed by atoms with E-state index in [1.807, 2.05) is 13.8 Å². The molecule has 1 fully saturated rings. The number of hydrogen-bond donors (Lipinski definition) is 2. The van der Waals surface area contributed by atoms with E-state index in [1.165, 1.54) is 45.0 Å². The van der Waals surface area contributed by atoms with Gasteiger partial charge in [-0.25, -0.2) is 8.42 Å². The topological polar surface area (TPSA) is 73.8 Å². The molecule has 0 radical (unpaired) electrons. The Morgan fingerprint density at radius 2 is 1.84 bits per heavy atom. The molecule has 0 bridgehead atoms. The van der Waals surface area contributed by atoms with Crippen molar-refractivity contribution < 1.29 is 8.42 Å². The van der Waals surface area contributed by atoms with E-state index >= 15 is 0 Å². The highest BCUT2D eigenvalue weighted by Gasteiger charge is 2.10. The molecule has 6 nitrogen and oxygen atoms in total. The lowest BCUT2D eigenvalue weighted by Crippen LogP contribution is -2.43. The number of halogens is 1. The van der Waals surface area contributed by atoms with Crippen LogP contribution in [0.5, 0.6) is 0 Å². The van der Waals surface area contributed by atoms with E-state index in [0.717, 1.165) is 32.0 Å². The van der Waals surface area contributed by atoms with Crippen molar-refractivity contribution in [3.8, 4) is 0 Å². The average Bonchev–Trinajstić information content (AvgIpc) is 2.78. The third-order valence-corrected chi connectivity index (χ3v) is 5.23.